The van der Waals surface area contributed by atoms with E-state index in [0.717, 1.165) is 61.3 Å². The van der Waals surface area contributed by atoms with Crippen LogP contribution in [0.1, 0.15) is 16.5 Å². The molecule has 0 radical (unpaired) electrons. The summed E-state index contributed by atoms with van der Waals surface area (Å²) >= 11 is 1.73. The van der Waals surface area contributed by atoms with Crippen LogP contribution >= 0.6 is 11.3 Å². The van der Waals surface area contributed by atoms with Gasteiger partial charge in [-0.3, -0.25) is 9.80 Å². The van der Waals surface area contributed by atoms with Gasteiger partial charge in [-0.1, -0.05) is 35.5 Å². The van der Waals surface area contributed by atoms with Gasteiger partial charge in [-0.2, -0.15) is 0 Å². The summed E-state index contributed by atoms with van der Waals surface area (Å²) in [5.41, 5.74) is 3.20. The lowest BCUT2D eigenvalue weighted by atomic mass is 10.1. The van der Waals surface area contributed by atoms with Gasteiger partial charge in [0.1, 0.15) is 5.69 Å². The van der Waals surface area contributed by atoms with Crippen LogP contribution in [0.3, 0.4) is 0 Å². The van der Waals surface area contributed by atoms with E-state index in [9.17, 15) is 0 Å². The zero-order valence-corrected chi connectivity index (χ0v) is 15.2. The van der Waals surface area contributed by atoms with Gasteiger partial charge in [0.2, 0.25) is 0 Å². The fraction of sp³-hybridized carbons (Fsp3) is 0.368. The summed E-state index contributed by atoms with van der Waals surface area (Å²) in [4.78, 5) is 9.46. The minimum Gasteiger partial charge on any atom is -0.359 e. The van der Waals surface area contributed by atoms with Crippen LogP contribution in [0.4, 0.5) is 0 Å². The van der Waals surface area contributed by atoms with Crippen molar-refractivity contribution in [2.75, 3.05) is 26.2 Å². The van der Waals surface area contributed by atoms with E-state index in [2.05, 4.69) is 50.4 Å². The van der Waals surface area contributed by atoms with Crippen LogP contribution in [0.25, 0.3) is 11.3 Å². The van der Waals surface area contributed by atoms with Gasteiger partial charge in [-0.05, 0) is 6.92 Å². The molecule has 1 aromatic carbocycles. The maximum Gasteiger partial charge on any atom is 0.151 e. The molecule has 0 atom stereocenters. The third kappa shape index (κ3) is 4.15. The molecular formula is C19H22N4OS. The lowest BCUT2D eigenvalue weighted by Gasteiger charge is -2.33. The molecule has 0 amide bonds. The normalized spacial score (nSPS) is 16.4. The van der Waals surface area contributed by atoms with Crippen molar-refractivity contribution in [2.45, 2.75) is 20.0 Å². The number of hydrogen-bond acceptors (Lipinski definition) is 6. The van der Waals surface area contributed by atoms with Gasteiger partial charge in [0, 0.05) is 49.7 Å². The monoisotopic (exact) mass is 354 g/mol. The molecule has 0 N–H and O–H groups in total. The molecule has 130 valence electrons. The van der Waals surface area contributed by atoms with E-state index in [1.807, 2.05) is 18.2 Å². The van der Waals surface area contributed by atoms with Crippen LogP contribution in [0.5, 0.6) is 0 Å². The predicted molar refractivity (Wildman–Crippen MR) is 99.3 cm³/mol. The number of nitrogens with zero attached hydrogens (tertiary/aromatic N) is 4. The average Bonchev–Trinajstić information content (AvgIpc) is 3.27. The molecule has 25 heavy (non-hydrogen) atoms. The fourth-order valence-corrected chi connectivity index (χ4v) is 3.77. The van der Waals surface area contributed by atoms with Crippen molar-refractivity contribution >= 4 is 11.3 Å². The minimum atomic E-state index is 0.823. The second-order valence-electron chi connectivity index (χ2n) is 6.45. The highest BCUT2D eigenvalue weighted by Gasteiger charge is 2.19. The van der Waals surface area contributed by atoms with Crippen molar-refractivity contribution in [1.29, 1.82) is 0 Å². The second-order valence-corrected chi connectivity index (χ2v) is 7.52. The molecule has 0 spiro atoms. The second kappa shape index (κ2) is 7.47. The Morgan fingerprint density at radius 2 is 1.76 bits per heavy atom. The van der Waals surface area contributed by atoms with Crippen LogP contribution in [0.15, 0.2) is 46.3 Å². The Hall–Kier alpha value is -2.02. The highest BCUT2D eigenvalue weighted by molar-refractivity contribution is 7.09. The fourth-order valence-electron chi connectivity index (χ4n) is 3.17. The number of piperazine rings is 1. The molecule has 0 unspecified atom stereocenters. The third-order valence-electron chi connectivity index (χ3n) is 4.53. The minimum absolute atomic E-state index is 0.823. The van der Waals surface area contributed by atoms with Crippen molar-refractivity contribution < 1.29 is 4.52 Å². The summed E-state index contributed by atoms with van der Waals surface area (Å²) in [7, 11) is 0. The molecule has 3 heterocycles. The smallest absolute Gasteiger partial charge is 0.151 e. The number of aromatic nitrogens is 2. The Morgan fingerprint density at radius 1 is 1.04 bits per heavy atom. The summed E-state index contributed by atoms with van der Waals surface area (Å²) in [6.07, 6.45) is 0. The van der Waals surface area contributed by atoms with Crippen LogP contribution in [0, 0.1) is 6.92 Å². The molecular weight excluding hydrogens is 332 g/mol. The van der Waals surface area contributed by atoms with Crippen molar-refractivity contribution in [3.63, 3.8) is 0 Å². The van der Waals surface area contributed by atoms with E-state index in [1.54, 1.807) is 11.3 Å². The van der Waals surface area contributed by atoms with Crippen LogP contribution in [-0.4, -0.2) is 46.1 Å². The van der Waals surface area contributed by atoms with Crippen LogP contribution in [0.2, 0.25) is 0 Å². The van der Waals surface area contributed by atoms with Crippen molar-refractivity contribution in [2.24, 2.45) is 0 Å². The predicted octanol–water partition coefficient (Wildman–Crippen LogP) is 3.42. The number of rotatable bonds is 5. The van der Waals surface area contributed by atoms with E-state index < -0.39 is 0 Å². The average molecular weight is 354 g/mol. The molecule has 1 fully saturated rings. The van der Waals surface area contributed by atoms with Crippen molar-refractivity contribution in [1.82, 2.24) is 19.9 Å². The number of thiazole rings is 1. The molecule has 1 aliphatic rings. The zero-order chi connectivity index (χ0) is 17.1. The molecule has 4 rings (SSSR count). The van der Waals surface area contributed by atoms with E-state index in [0.29, 0.717) is 0 Å². The van der Waals surface area contributed by atoms with Crippen LogP contribution < -0.4 is 0 Å². The Morgan fingerprint density at radius 3 is 2.44 bits per heavy atom. The number of aryl methyl sites for hydroxylation is 1. The summed E-state index contributed by atoms with van der Waals surface area (Å²) in [6.45, 7) is 8.07. The largest absolute Gasteiger partial charge is 0.359 e. The first-order chi connectivity index (χ1) is 12.3. The van der Waals surface area contributed by atoms with Gasteiger partial charge in [-0.15, -0.1) is 11.3 Å². The first-order valence-corrected chi connectivity index (χ1v) is 9.51. The summed E-state index contributed by atoms with van der Waals surface area (Å²) in [5, 5.41) is 7.52. The van der Waals surface area contributed by atoms with Crippen molar-refractivity contribution in [3.05, 3.63) is 58.2 Å². The zero-order valence-electron chi connectivity index (χ0n) is 14.4. The van der Waals surface area contributed by atoms with Gasteiger partial charge < -0.3 is 4.52 Å². The van der Waals surface area contributed by atoms with Crippen molar-refractivity contribution in [3.8, 4) is 11.3 Å². The van der Waals surface area contributed by atoms with Gasteiger partial charge in [0.05, 0.1) is 17.2 Å². The Labute approximate surface area is 151 Å². The number of benzene rings is 1. The van der Waals surface area contributed by atoms with E-state index in [1.165, 1.54) is 5.69 Å². The Kier molecular flexibility index (Phi) is 4.92. The first-order valence-electron chi connectivity index (χ1n) is 8.63. The molecule has 0 bridgehead atoms. The third-order valence-corrected chi connectivity index (χ3v) is 5.35. The Balaban J connectivity index is 1.29. The SMILES string of the molecule is Cc1nc(CN2CCN(Cc3cc(-c4ccccc4)no3)CC2)cs1. The van der Waals surface area contributed by atoms with E-state index in [-0.39, 0.29) is 0 Å². The van der Waals surface area contributed by atoms with Gasteiger partial charge in [0.25, 0.3) is 0 Å². The van der Waals surface area contributed by atoms with Gasteiger partial charge in [0.15, 0.2) is 5.76 Å². The topological polar surface area (TPSA) is 45.4 Å². The first kappa shape index (κ1) is 16.4. The lowest BCUT2D eigenvalue weighted by molar-refractivity contribution is 0.113. The molecule has 6 heteroatoms. The van der Waals surface area contributed by atoms with Crippen LogP contribution in [-0.2, 0) is 13.1 Å². The maximum atomic E-state index is 5.53. The highest BCUT2D eigenvalue weighted by Crippen LogP contribution is 2.20. The lowest BCUT2D eigenvalue weighted by Crippen LogP contribution is -2.45. The molecule has 0 aliphatic carbocycles. The summed E-state index contributed by atoms with van der Waals surface area (Å²) in [5.74, 6) is 0.933. The quantitative estimate of drug-likeness (QED) is 0.702. The molecule has 2 aromatic heterocycles. The number of hydrogen-bond donors (Lipinski definition) is 0. The molecule has 1 saturated heterocycles. The summed E-state index contributed by atoms with van der Waals surface area (Å²) < 4.78 is 5.53. The maximum absolute atomic E-state index is 5.53. The van der Waals surface area contributed by atoms with E-state index in [4.69, 9.17) is 4.52 Å². The van der Waals surface area contributed by atoms with Gasteiger partial charge in [-0.25, -0.2) is 4.98 Å². The van der Waals surface area contributed by atoms with Gasteiger partial charge >= 0.3 is 0 Å². The summed E-state index contributed by atoms with van der Waals surface area (Å²) in [6, 6.07) is 12.2. The molecule has 1 aliphatic heterocycles. The molecule has 3 aromatic rings. The molecule has 0 saturated carbocycles. The molecule has 5 nitrogen and oxygen atoms in total. The standard InChI is InChI=1S/C19H22N4OS/c1-15-20-17(14-25-15)12-22-7-9-23(10-8-22)13-18-11-19(21-24-18)16-5-3-2-4-6-16/h2-6,11,14H,7-10,12-13H2,1H3. The Bertz CT molecular complexity index is 806. The van der Waals surface area contributed by atoms with E-state index >= 15 is 0 Å². The highest BCUT2D eigenvalue weighted by atomic mass is 32.1.